The molecule has 8 nitrogen and oxygen atoms in total. The number of nitrogens with zero attached hydrogens (tertiary/aromatic N) is 2. The molecule has 2 amide bonds. The fourth-order valence-corrected chi connectivity index (χ4v) is 4.80. The molecule has 0 atom stereocenters. The topological polar surface area (TPSA) is 113 Å². The van der Waals surface area contributed by atoms with Gasteiger partial charge in [-0.05, 0) is 73.0 Å². The molecule has 1 aromatic heterocycles. The molecule has 4 aromatic rings. The Morgan fingerprint density at radius 2 is 1.77 bits per heavy atom. The number of carbonyl (C=O) groups excluding carboxylic acids is 2. The zero-order chi connectivity index (χ0) is 27.9. The normalized spacial score (nSPS) is 10.7. The van der Waals surface area contributed by atoms with Crippen LogP contribution in [0.15, 0.2) is 72.9 Å². The molecule has 39 heavy (non-hydrogen) atoms. The molecule has 0 saturated carbocycles. The summed E-state index contributed by atoms with van der Waals surface area (Å²) in [6.07, 6.45) is 1.84. The van der Waals surface area contributed by atoms with Crippen molar-refractivity contribution in [2.45, 2.75) is 26.0 Å². The Morgan fingerprint density at radius 3 is 2.54 bits per heavy atom. The predicted molar refractivity (Wildman–Crippen MR) is 155 cm³/mol. The average Bonchev–Trinajstić information content (AvgIpc) is 3.37. The van der Waals surface area contributed by atoms with Crippen LogP contribution in [-0.4, -0.2) is 38.4 Å². The van der Waals surface area contributed by atoms with E-state index in [1.807, 2.05) is 38.1 Å². The third-order valence-corrected chi connectivity index (χ3v) is 7.24. The number of aromatic nitrogens is 2. The highest BCUT2D eigenvalue weighted by molar-refractivity contribution is 7.98. The van der Waals surface area contributed by atoms with Crippen LogP contribution in [0.4, 0.5) is 11.5 Å². The second kappa shape index (κ2) is 12.6. The Labute approximate surface area is 235 Å². The first kappa shape index (κ1) is 27.9. The molecule has 0 spiro atoms. The molecular weight excluding hydrogens is 536 g/mol. The van der Waals surface area contributed by atoms with Crippen molar-refractivity contribution < 1.29 is 19.5 Å². The van der Waals surface area contributed by atoms with Gasteiger partial charge in [-0.1, -0.05) is 29.8 Å². The SMILES string of the molecule is Cc1ccc(-n2ccc(NC(=O)c3cc(Cl)ccc3NC(=O)c3cccc(CSCCC(=O)O)c3)n2)cc1C. The quantitative estimate of drug-likeness (QED) is 0.194. The van der Waals surface area contributed by atoms with Crippen molar-refractivity contribution in [3.8, 4) is 5.69 Å². The summed E-state index contributed by atoms with van der Waals surface area (Å²) >= 11 is 7.66. The number of aliphatic carboxylic acids is 1. The molecule has 0 saturated heterocycles. The maximum Gasteiger partial charge on any atom is 0.304 e. The molecule has 0 fully saturated rings. The highest BCUT2D eigenvalue weighted by Gasteiger charge is 2.17. The summed E-state index contributed by atoms with van der Waals surface area (Å²) in [6, 6.07) is 19.4. The number of rotatable bonds is 10. The Morgan fingerprint density at radius 1 is 0.949 bits per heavy atom. The summed E-state index contributed by atoms with van der Waals surface area (Å²) in [5.41, 5.74) is 4.99. The molecule has 0 aliphatic heterocycles. The minimum atomic E-state index is -0.840. The first-order chi connectivity index (χ1) is 18.7. The van der Waals surface area contributed by atoms with Crippen molar-refractivity contribution >= 4 is 52.7 Å². The number of amides is 2. The van der Waals surface area contributed by atoms with E-state index < -0.39 is 11.9 Å². The first-order valence-corrected chi connectivity index (χ1v) is 13.7. The molecule has 0 aliphatic rings. The van der Waals surface area contributed by atoms with Gasteiger partial charge in [0.15, 0.2) is 5.82 Å². The maximum atomic E-state index is 13.2. The van der Waals surface area contributed by atoms with Gasteiger partial charge in [0.1, 0.15) is 0 Å². The van der Waals surface area contributed by atoms with Crippen LogP contribution in [-0.2, 0) is 10.5 Å². The van der Waals surface area contributed by atoms with Gasteiger partial charge in [0.2, 0.25) is 0 Å². The highest BCUT2D eigenvalue weighted by Crippen LogP contribution is 2.24. The third kappa shape index (κ3) is 7.49. The number of halogens is 1. The van der Waals surface area contributed by atoms with Crippen LogP contribution in [0.2, 0.25) is 5.02 Å². The minimum Gasteiger partial charge on any atom is -0.481 e. The molecule has 1 heterocycles. The third-order valence-electron chi connectivity index (χ3n) is 5.98. The number of anilines is 2. The number of thioether (sulfide) groups is 1. The smallest absolute Gasteiger partial charge is 0.304 e. The Bertz CT molecular complexity index is 1540. The lowest BCUT2D eigenvalue weighted by Gasteiger charge is -2.12. The van der Waals surface area contributed by atoms with Gasteiger partial charge in [-0.3, -0.25) is 14.4 Å². The zero-order valence-corrected chi connectivity index (χ0v) is 23.0. The monoisotopic (exact) mass is 562 g/mol. The Kier molecular flexibility index (Phi) is 9.06. The van der Waals surface area contributed by atoms with Gasteiger partial charge in [-0.25, -0.2) is 4.68 Å². The molecular formula is C29H27ClN4O4S. The molecule has 200 valence electrons. The van der Waals surface area contributed by atoms with Gasteiger partial charge in [0, 0.05) is 34.4 Å². The van der Waals surface area contributed by atoms with E-state index in [9.17, 15) is 14.4 Å². The summed E-state index contributed by atoms with van der Waals surface area (Å²) < 4.78 is 1.68. The van der Waals surface area contributed by atoms with E-state index >= 15 is 0 Å². The van der Waals surface area contributed by atoms with Gasteiger partial charge in [-0.15, -0.1) is 0 Å². The van der Waals surface area contributed by atoms with Crippen molar-refractivity contribution in [3.05, 3.63) is 106 Å². The van der Waals surface area contributed by atoms with Crippen LogP contribution in [0.25, 0.3) is 5.69 Å². The molecule has 0 aliphatic carbocycles. The highest BCUT2D eigenvalue weighted by atomic mass is 35.5. The summed E-state index contributed by atoms with van der Waals surface area (Å²) in [6.45, 7) is 4.06. The van der Waals surface area contributed by atoms with Crippen LogP contribution in [0.3, 0.4) is 0 Å². The second-order valence-electron chi connectivity index (χ2n) is 8.91. The lowest BCUT2D eigenvalue weighted by Crippen LogP contribution is -2.18. The van der Waals surface area contributed by atoms with E-state index in [0.29, 0.717) is 33.6 Å². The van der Waals surface area contributed by atoms with Crippen LogP contribution in [0, 0.1) is 13.8 Å². The van der Waals surface area contributed by atoms with E-state index in [4.69, 9.17) is 16.7 Å². The summed E-state index contributed by atoms with van der Waals surface area (Å²) in [5, 5.41) is 19.2. The summed E-state index contributed by atoms with van der Waals surface area (Å²) in [7, 11) is 0. The van der Waals surface area contributed by atoms with Crippen LogP contribution in [0.5, 0.6) is 0 Å². The fourth-order valence-electron chi connectivity index (χ4n) is 3.75. The number of benzene rings is 3. The first-order valence-electron chi connectivity index (χ1n) is 12.1. The molecule has 10 heteroatoms. The van der Waals surface area contributed by atoms with Crippen molar-refractivity contribution in [1.29, 1.82) is 0 Å². The Balaban J connectivity index is 1.46. The zero-order valence-electron chi connectivity index (χ0n) is 21.4. The molecule has 4 rings (SSSR count). The number of hydrogen-bond acceptors (Lipinski definition) is 5. The number of carboxylic acid groups (broad SMARTS) is 1. The standard InChI is InChI=1S/C29H27ClN4O4S/c1-18-6-8-23(14-19(18)2)34-12-10-26(33-34)32-29(38)24-16-22(30)7-9-25(24)31-28(37)21-5-3-4-20(15-21)17-39-13-11-27(35)36/h3-10,12,14-16H,11,13,17H2,1-2H3,(H,31,37)(H,35,36)(H,32,33,38). The number of carboxylic acids is 1. The predicted octanol–water partition coefficient (Wildman–Crippen LogP) is 6.36. The van der Waals surface area contributed by atoms with E-state index in [1.54, 1.807) is 47.3 Å². The van der Waals surface area contributed by atoms with Crippen LogP contribution >= 0.6 is 23.4 Å². The van der Waals surface area contributed by atoms with Crippen LogP contribution in [0.1, 0.15) is 43.8 Å². The van der Waals surface area contributed by atoms with E-state index in [-0.39, 0.29) is 17.9 Å². The van der Waals surface area contributed by atoms with E-state index in [1.165, 1.54) is 23.4 Å². The number of aryl methyl sites for hydroxylation is 2. The van der Waals surface area contributed by atoms with Crippen molar-refractivity contribution in [2.75, 3.05) is 16.4 Å². The lowest BCUT2D eigenvalue weighted by molar-refractivity contribution is -0.136. The van der Waals surface area contributed by atoms with Gasteiger partial charge >= 0.3 is 5.97 Å². The summed E-state index contributed by atoms with van der Waals surface area (Å²) in [4.78, 5) is 36.9. The Hall–Kier alpha value is -4.08. The largest absolute Gasteiger partial charge is 0.481 e. The second-order valence-corrected chi connectivity index (χ2v) is 10.5. The summed E-state index contributed by atoms with van der Waals surface area (Å²) in [5.74, 6) is -0.281. The maximum absolute atomic E-state index is 13.2. The van der Waals surface area contributed by atoms with E-state index in [0.717, 1.165) is 16.8 Å². The minimum absolute atomic E-state index is 0.0815. The van der Waals surface area contributed by atoms with E-state index in [2.05, 4.69) is 15.7 Å². The molecule has 3 aromatic carbocycles. The van der Waals surface area contributed by atoms with Crippen molar-refractivity contribution in [1.82, 2.24) is 9.78 Å². The number of nitrogens with one attached hydrogen (secondary N) is 2. The van der Waals surface area contributed by atoms with Gasteiger partial charge in [0.05, 0.1) is 23.4 Å². The molecule has 0 unspecified atom stereocenters. The molecule has 3 N–H and O–H groups in total. The van der Waals surface area contributed by atoms with Gasteiger partial charge in [-0.2, -0.15) is 16.9 Å². The fraction of sp³-hybridized carbons (Fsp3) is 0.172. The van der Waals surface area contributed by atoms with Gasteiger partial charge in [0.25, 0.3) is 11.8 Å². The van der Waals surface area contributed by atoms with Crippen LogP contribution < -0.4 is 10.6 Å². The molecule has 0 bridgehead atoms. The average molecular weight is 563 g/mol. The number of carbonyl (C=O) groups is 3. The van der Waals surface area contributed by atoms with Crippen molar-refractivity contribution in [2.24, 2.45) is 0 Å². The number of hydrogen-bond donors (Lipinski definition) is 3. The lowest BCUT2D eigenvalue weighted by atomic mass is 10.1. The molecule has 0 radical (unpaired) electrons. The van der Waals surface area contributed by atoms with Crippen molar-refractivity contribution in [3.63, 3.8) is 0 Å². The van der Waals surface area contributed by atoms with Gasteiger partial charge < -0.3 is 15.7 Å².